The molecule has 1 unspecified atom stereocenters. The molecule has 2 N–H and O–H groups in total. The Morgan fingerprint density at radius 2 is 2.05 bits per heavy atom. The van der Waals surface area contributed by atoms with E-state index in [1.54, 1.807) is 13.2 Å². The SMILES string of the molecule is COc1ccccc1NC(CO)c1ccc(F)cc1Cl. The molecule has 0 saturated heterocycles. The van der Waals surface area contributed by atoms with Crippen LogP contribution < -0.4 is 10.1 Å². The Kier molecular flexibility index (Phi) is 4.82. The van der Waals surface area contributed by atoms with Crippen molar-refractivity contribution in [1.82, 2.24) is 0 Å². The summed E-state index contributed by atoms with van der Waals surface area (Å²) in [5, 5.41) is 13.0. The molecule has 0 fully saturated rings. The number of aliphatic hydroxyl groups excluding tert-OH is 1. The van der Waals surface area contributed by atoms with Crippen molar-refractivity contribution >= 4 is 17.3 Å². The van der Waals surface area contributed by atoms with Crippen molar-refractivity contribution in [3.63, 3.8) is 0 Å². The normalized spacial score (nSPS) is 12.0. The summed E-state index contributed by atoms with van der Waals surface area (Å²) < 4.78 is 18.3. The molecule has 2 aromatic rings. The van der Waals surface area contributed by atoms with Gasteiger partial charge < -0.3 is 15.2 Å². The van der Waals surface area contributed by atoms with Gasteiger partial charge in [-0.2, -0.15) is 0 Å². The van der Waals surface area contributed by atoms with Crippen molar-refractivity contribution in [2.75, 3.05) is 19.0 Å². The van der Waals surface area contributed by atoms with Crippen LogP contribution in [-0.2, 0) is 0 Å². The van der Waals surface area contributed by atoms with Crippen LogP contribution in [0.5, 0.6) is 5.75 Å². The quantitative estimate of drug-likeness (QED) is 0.885. The van der Waals surface area contributed by atoms with Crippen LogP contribution in [0.4, 0.5) is 10.1 Å². The van der Waals surface area contributed by atoms with Gasteiger partial charge in [-0.15, -0.1) is 0 Å². The molecule has 2 rings (SSSR count). The van der Waals surface area contributed by atoms with Gasteiger partial charge in [0.2, 0.25) is 0 Å². The maximum Gasteiger partial charge on any atom is 0.141 e. The van der Waals surface area contributed by atoms with Crippen LogP contribution in [0.3, 0.4) is 0 Å². The minimum atomic E-state index is -0.445. The Morgan fingerprint density at radius 1 is 1.30 bits per heavy atom. The van der Waals surface area contributed by atoms with Crippen LogP contribution in [0.1, 0.15) is 11.6 Å². The summed E-state index contributed by atoms with van der Waals surface area (Å²) in [6, 6.07) is 11.0. The Hall–Kier alpha value is -1.78. The second-order valence-electron chi connectivity index (χ2n) is 4.25. The lowest BCUT2D eigenvalue weighted by atomic mass is 10.1. The van der Waals surface area contributed by atoms with E-state index in [-0.39, 0.29) is 11.6 Å². The molecule has 20 heavy (non-hydrogen) atoms. The highest BCUT2D eigenvalue weighted by atomic mass is 35.5. The minimum absolute atomic E-state index is 0.177. The number of aliphatic hydroxyl groups is 1. The van der Waals surface area contributed by atoms with Crippen LogP contribution in [-0.4, -0.2) is 18.8 Å². The van der Waals surface area contributed by atoms with Crippen LogP contribution in [0.2, 0.25) is 5.02 Å². The highest BCUT2D eigenvalue weighted by Gasteiger charge is 2.16. The molecule has 106 valence electrons. The first kappa shape index (κ1) is 14.6. The van der Waals surface area contributed by atoms with Crippen molar-refractivity contribution in [2.24, 2.45) is 0 Å². The molecule has 0 aromatic heterocycles. The zero-order valence-electron chi connectivity index (χ0n) is 10.9. The van der Waals surface area contributed by atoms with E-state index in [1.807, 2.05) is 24.3 Å². The van der Waals surface area contributed by atoms with E-state index in [0.29, 0.717) is 11.3 Å². The second-order valence-corrected chi connectivity index (χ2v) is 4.65. The number of benzene rings is 2. The van der Waals surface area contributed by atoms with Crippen LogP contribution >= 0.6 is 11.6 Å². The molecule has 0 heterocycles. The molecule has 0 aliphatic heterocycles. The third kappa shape index (κ3) is 3.21. The summed E-state index contributed by atoms with van der Waals surface area (Å²) in [5.74, 6) is 0.247. The average molecular weight is 296 g/mol. The molecular weight excluding hydrogens is 281 g/mol. The molecule has 0 spiro atoms. The van der Waals surface area contributed by atoms with Crippen LogP contribution in [0, 0.1) is 5.82 Å². The van der Waals surface area contributed by atoms with E-state index in [0.717, 1.165) is 5.69 Å². The van der Waals surface area contributed by atoms with E-state index in [9.17, 15) is 9.50 Å². The number of anilines is 1. The lowest BCUT2D eigenvalue weighted by molar-refractivity contribution is 0.276. The number of methoxy groups -OCH3 is 1. The van der Waals surface area contributed by atoms with Gasteiger partial charge in [-0.1, -0.05) is 29.8 Å². The highest BCUT2D eigenvalue weighted by Crippen LogP contribution is 2.30. The summed E-state index contributed by atoms with van der Waals surface area (Å²) in [6.45, 7) is -0.177. The van der Waals surface area contributed by atoms with Gasteiger partial charge >= 0.3 is 0 Å². The van der Waals surface area contributed by atoms with E-state index in [1.165, 1.54) is 12.1 Å². The zero-order valence-corrected chi connectivity index (χ0v) is 11.7. The number of ether oxygens (including phenoxy) is 1. The van der Waals surface area contributed by atoms with Crippen LogP contribution in [0.15, 0.2) is 42.5 Å². The predicted molar refractivity (Wildman–Crippen MR) is 77.9 cm³/mol. The Balaban J connectivity index is 2.29. The first-order chi connectivity index (χ1) is 9.65. The number of rotatable bonds is 5. The second kappa shape index (κ2) is 6.59. The standard InChI is InChI=1S/C15H15ClFNO2/c1-20-15-5-3-2-4-13(15)18-14(9-19)11-7-6-10(17)8-12(11)16/h2-8,14,18-19H,9H2,1H3. The maximum atomic E-state index is 13.1. The molecule has 0 bridgehead atoms. The fourth-order valence-corrected chi connectivity index (χ4v) is 2.26. The number of nitrogens with one attached hydrogen (secondary N) is 1. The number of hydrogen-bond acceptors (Lipinski definition) is 3. The smallest absolute Gasteiger partial charge is 0.141 e. The minimum Gasteiger partial charge on any atom is -0.495 e. The van der Waals surface area contributed by atoms with E-state index in [2.05, 4.69) is 5.32 Å². The topological polar surface area (TPSA) is 41.5 Å². The average Bonchev–Trinajstić information content (AvgIpc) is 2.46. The number of hydrogen-bond donors (Lipinski definition) is 2. The van der Waals surface area contributed by atoms with Gasteiger partial charge in [0.25, 0.3) is 0 Å². The molecule has 0 aliphatic rings. The fourth-order valence-electron chi connectivity index (χ4n) is 1.96. The molecule has 0 saturated carbocycles. The molecular formula is C15H15ClFNO2. The summed E-state index contributed by atoms with van der Waals surface area (Å²) in [6.07, 6.45) is 0. The van der Waals surface area contributed by atoms with Crippen LogP contribution in [0.25, 0.3) is 0 Å². The lowest BCUT2D eigenvalue weighted by Gasteiger charge is -2.20. The van der Waals surface area contributed by atoms with Gasteiger partial charge in [-0.25, -0.2) is 4.39 Å². The summed E-state index contributed by atoms with van der Waals surface area (Å²) >= 11 is 6.02. The van der Waals surface area contributed by atoms with Crippen molar-refractivity contribution in [3.8, 4) is 5.75 Å². The van der Waals surface area contributed by atoms with Gasteiger partial charge in [0, 0.05) is 5.02 Å². The van der Waals surface area contributed by atoms with Gasteiger partial charge in [-0.05, 0) is 29.8 Å². The number of para-hydroxylation sites is 2. The van der Waals surface area contributed by atoms with Gasteiger partial charge in [0.15, 0.2) is 0 Å². The largest absolute Gasteiger partial charge is 0.495 e. The van der Waals surface area contributed by atoms with Crippen molar-refractivity contribution in [2.45, 2.75) is 6.04 Å². The van der Waals surface area contributed by atoms with Crippen molar-refractivity contribution in [3.05, 3.63) is 58.9 Å². The molecule has 0 radical (unpaired) electrons. The third-order valence-corrected chi connectivity index (χ3v) is 3.28. The lowest BCUT2D eigenvalue weighted by Crippen LogP contribution is -2.16. The van der Waals surface area contributed by atoms with Crippen molar-refractivity contribution < 1.29 is 14.2 Å². The molecule has 3 nitrogen and oxygen atoms in total. The van der Waals surface area contributed by atoms with E-state index >= 15 is 0 Å². The third-order valence-electron chi connectivity index (χ3n) is 2.96. The van der Waals surface area contributed by atoms with Gasteiger partial charge in [-0.3, -0.25) is 0 Å². The van der Waals surface area contributed by atoms with E-state index < -0.39 is 11.9 Å². The van der Waals surface area contributed by atoms with Gasteiger partial charge in [0.1, 0.15) is 11.6 Å². The molecule has 1 atom stereocenters. The highest BCUT2D eigenvalue weighted by molar-refractivity contribution is 6.31. The molecule has 0 aliphatic carbocycles. The molecule has 0 amide bonds. The number of halogens is 2. The zero-order chi connectivity index (χ0) is 14.5. The van der Waals surface area contributed by atoms with Crippen molar-refractivity contribution in [1.29, 1.82) is 0 Å². The van der Waals surface area contributed by atoms with Gasteiger partial charge in [0.05, 0.1) is 25.4 Å². The Labute approximate surface area is 122 Å². The fraction of sp³-hybridized carbons (Fsp3) is 0.200. The summed E-state index contributed by atoms with van der Waals surface area (Å²) in [4.78, 5) is 0. The summed E-state index contributed by atoms with van der Waals surface area (Å²) in [7, 11) is 1.57. The maximum absolute atomic E-state index is 13.1. The van der Waals surface area contributed by atoms with E-state index in [4.69, 9.17) is 16.3 Å². The Bertz CT molecular complexity index is 592. The monoisotopic (exact) mass is 295 g/mol. The molecule has 2 aromatic carbocycles. The Morgan fingerprint density at radius 3 is 2.70 bits per heavy atom. The molecule has 5 heteroatoms. The first-order valence-corrected chi connectivity index (χ1v) is 6.49. The predicted octanol–water partition coefficient (Wildman–Crippen LogP) is 3.63. The first-order valence-electron chi connectivity index (χ1n) is 6.11. The summed E-state index contributed by atoms with van der Waals surface area (Å²) in [5.41, 5.74) is 1.36.